The summed E-state index contributed by atoms with van der Waals surface area (Å²) in [6.45, 7) is 1.79. The number of aliphatic hydroxyl groups is 1. The molecule has 8 heteroatoms. The molecule has 7 nitrogen and oxygen atoms in total. The molecule has 1 aliphatic heterocycles. The first-order valence-corrected chi connectivity index (χ1v) is 9.81. The molecule has 4 rings (SSSR count). The van der Waals surface area contributed by atoms with Gasteiger partial charge in [0, 0.05) is 30.4 Å². The molecular formula is C22H20ClN5O2. The Labute approximate surface area is 179 Å². The van der Waals surface area contributed by atoms with Crippen LogP contribution in [0.2, 0.25) is 5.02 Å². The Balaban J connectivity index is 1.66. The van der Waals surface area contributed by atoms with Crippen LogP contribution in [0, 0.1) is 11.3 Å². The van der Waals surface area contributed by atoms with Gasteiger partial charge >= 0.3 is 0 Å². The smallest absolute Gasteiger partial charge is 0.159 e. The van der Waals surface area contributed by atoms with E-state index in [-0.39, 0.29) is 6.61 Å². The monoisotopic (exact) mass is 421 g/mol. The van der Waals surface area contributed by atoms with Crippen LogP contribution in [0.15, 0.2) is 48.0 Å². The van der Waals surface area contributed by atoms with Crippen LogP contribution in [0.5, 0.6) is 5.75 Å². The van der Waals surface area contributed by atoms with Crippen LogP contribution >= 0.6 is 11.6 Å². The second-order valence-electron chi connectivity index (χ2n) is 6.97. The van der Waals surface area contributed by atoms with Crippen molar-refractivity contribution in [1.29, 1.82) is 5.26 Å². The first-order valence-electron chi connectivity index (χ1n) is 9.43. The van der Waals surface area contributed by atoms with E-state index < -0.39 is 0 Å². The molecule has 2 heterocycles. The molecule has 2 aromatic carbocycles. The number of nitrogens with one attached hydrogen (secondary N) is 1. The lowest BCUT2D eigenvalue weighted by Gasteiger charge is -2.20. The second kappa shape index (κ2) is 8.57. The largest absolute Gasteiger partial charge is 0.495 e. The third-order valence-electron chi connectivity index (χ3n) is 5.06. The van der Waals surface area contributed by atoms with E-state index in [9.17, 15) is 10.4 Å². The maximum atomic E-state index is 9.39. The van der Waals surface area contributed by atoms with Gasteiger partial charge in [-0.1, -0.05) is 23.7 Å². The summed E-state index contributed by atoms with van der Waals surface area (Å²) < 4.78 is 5.19. The molecular weight excluding hydrogens is 402 g/mol. The first-order chi connectivity index (χ1) is 14.6. The minimum absolute atomic E-state index is 0.0322. The maximum absolute atomic E-state index is 9.39. The van der Waals surface area contributed by atoms with Gasteiger partial charge in [0.05, 0.1) is 30.4 Å². The fourth-order valence-corrected chi connectivity index (χ4v) is 3.75. The number of halogens is 1. The Bertz CT molecular complexity index is 1170. The van der Waals surface area contributed by atoms with Gasteiger partial charge in [0.15, 0.2) is 11.6 Å². The van der Waals surface area contributed by atoms with E-state index in [0.717, 1.165) is 27.7 Å². The molecule has 0 saturated heterocycles. The lowest BCUT2D eigenvalue weighted by molar-refractivity contribution is 0.330. The summed E-state index contributed by atoms with van der Waals surface area (Å²) in [5, 5.41) is 33.1. The van der Waals surface area contributed by atoms with Crippen LogP contribution in [0.3, 0.4) is 0 Å². The number of fused-ring (bicyclic) bond motifs is 1. The molecule has 0 unspecified atom stereocenters. The highest BCUT2D eigenvalue weighted by atomic mass is 35.5. The highest BCUT2D eigenvalue weighted by Gasteiger charge is 2.20. The summed E-state index contributed by atoms with van der Waals surface area (Å²) in [7, 11) is 1.58. The van der Waals surface area contributed by atoms with E-state index in [2.05, 4.69) is 26.5 Å². The van der Waals surface area contributed by atoms with Gasteiger partial charge in [-0.3, -0.25) is 0 Å². The van der Waals surface area contributed by atoms with Crippen LogP contribution < -0.4 is 15.0 Å². The van der Waals surface area contributed by atoms with Gasteiger partial charge in [-0.2, -0.15) is 5.26 Å². The van der Waals surface area contributed by atoms with Crippen molar-refractivity contribution in [1.82, 2.24) is 10.2 Å². The Hall–Kier alpha value is -3.34. The number of nitrogens with zero attached hydrogens (tertiary/aromatic N) is 4. The molecule has 30 heavy (non-hydrogen) atoms. The number of rotatable bonds is 6. The minimum Gasteiger partial charge on any atom is -0.495 e. The molecule has 1 aromatic heterocycles. The summed E-state index contributed by atoms with van der Waals surface area (Å²) >= 11 is 6.22. The fourth-order valence-electron chi connectivity index (χ4n) is 3.47. The number of anilines is 2. The molecule has 3 aromatic rings. The molecule has 2 N–H and O–H groups in total. The van der Waals surface area contributed by atoms with Gasteiger partial charge in [-0.05, 0) is 41.5 Å². The lowest BCUT2D eigenvalue weighted by Crippen LogP contribution is -2.22. The average molecular weight is 422 g/mol. The van der Waals surface area contributed by atoms with Crippen molar-refractivity contribution >= 4 is 34.0 Å². The fraction of sp³-hybridized carbons (Fsp3) is 0.227. The summed E-state index contributed by atoms with van der Waals surface area (Å²) in [6.07, 6.45) is 2.00. The van der Waals surface area contributed by atoms with Crippen molar-refractivity contribution in [2.75, 3.05) is 37.0 Å². The van der Waals surface area contributed by atoms with E-state index in [4.69, 9.17) is 16.3 Å². The number of nitriles is 1. The van der Waals surface area contributed by atoms with E-state index >= 15 is 0 Å². The minimum atomic E-state index is 0.0322. The van der Waals surface area contributed by atoms with Gasteiger partial charge in [-0.15, -0.1) is 10.2 Å². The zero-order valence-corrected chi connectivity index (χ0v) is 17.1. The van der Waals surface area contributed by atoms with Gasteiger partial charge in [-0.25, -0.2) is 0 Å². The average Bonchev–Trinajstić information content (AvgIpc) is 3.26. The zero-order chi connectivity index (χ0) is 21.1. The molecule has 0 aliphatic carbocycles. The highest BCUT2D eigenvalue weighted by Crippen LogP contribution is 2.32. The summed E-state index contributed by atoms with van der Waals surface area (Å²) in [6, 6.07) is 13.2. The van der Waals surface area contributed by atoms with Crippen LogP contribution in [0.25, 0.3) is 10.8 Å². The first kappa shape index (κ1) is 20.0. The number of benzene rings is 2. The van der Waals surface area contributed by atoms with Crippen molar-refractivity contribution in [3.63, 3.8) is 0 Å². The number of ether oxygens (including phenoxy) is 1. The molecule has 0 saturated carbocycles. The van der Waals surface area contributed by atoms with Gasteiger partial charge in [0.2, 0.25) is 0 Å². The van der Waals surface area contributed by atoms with Crippen molar-refractivity contribution < 1.29 is 9.84 Å². The van der Waals surface area contributed by atoms with Gasteiger partial charge < -0.3 is 20.1 Å². The second-order valence-corrected chi connectivity index (χ2v) is 7.38. The van der Waals surface area contributed by atoms with Crippen molar-refractivity contribution in [2.24, 2.45) is 0 Å². The number of aromatic nitrogens is 2. The van der Waals surface area contributed by atoms with E-state index in [1.165, 1.54) is 0 Å². The van der Waals surface area contributed by atoms with E-state index in [1.54, 1.807) is 13.2 Å². The van der Waals surface area contributed by atoms with Gasteiger partial charge in [0.25, 0.3) is 0 Å². The Kier molecular flexibility index (Phi) is 5.70. The number of aliphatic hydroxyl groups excluding tert-OH is 1. The highest BCUT2D eigenvalue weighted by molar-refractivity contribution is 6.32. The van der Waals surface area contributed by atoms with Crippen LogP contribution in [0.4, 0.5) is 11.6 Å². The van der Waals surface area contributed by atoms with Crippen molar-refractivity contribution in [2.45, 2.75) is 6.54 Å². The molecule has 0 amide bonds. The molecule has 0 bridgehead atoms. The SMILES string of the molecule is COc1ccc(CNc2nnc(N3CC=C(CO)C3)c3ccc(C#N)cc23)cc1Cl. The normalized spacial score (nSPS) is 13.3. The molecule has 152 valence electrons. The standard InChI is InChI=1S/C22H20ClN5O2/c1-30-20-5-3-15(9-19(20)23)11-25-21-18-8-14(10-24)2-4-17(18)22(27-26-21)28-7-6-16(12-28)13-29/h2-6,8-9,29H,7,11-13H2,1H3,(H,25,26). The lowest BCUT2D eigenvalue weighted by atomic mass is 10.1. The predicted molar refractivity (Wildman–Crippen MR) is 117 cm³/mol. The summed E-state index contributed by atoms with van der Waals surface area (Å²) in [4.78, 5) is 2.06. The number of hydrogen-bond acceptors (Lipinski definition) is 7. The van der Waals surface area contributed by atoms with Gasteiger partial charge in [0.1, 0.15) is 5.75 Å². The Morgan fingerprint density at radius 1 is 1.23 bits per heavy atom. The molecule has 1 aliphatic rings. The Morgan fingerprint density at radius 3 is 2.80 bits per heavy atom. The number of hydrogen-bond donors (Lipinski definition) is 2. The third-order valence-corrected chi connectivity index (χ3v) is 5.36. The van der Waals surface area contributed by atoms with Crippen molar-refractivity contribution in [3.05, 3.63) is 64.2 Å². The maximum Gasteiger partial charge on any atom is 0.159 e. The molecule has 0 fully saturated rings. The van der Waals surface area contributed by atoms with Crippen molar-refractivity contribution in [3.8, 4) is 11.8 Å². The van der Waals surface area contributed by atoms with E-state index in [1.807, 2.05) is 36.4 Å². The molecule has 0 spiro atoms. The zero-order valence-electron chi connectivity index (χ0n) is 16.4. The topological polar surface area (TPSA) is 94.3 Å². The van der Waals surface area contributed by atoms with Crippen LogP contribution in [-0.4, -0.2) is 42.1 Å². The van der Waals surface area contributed by atoms with Crippen LogP contribution in [0.1, 0.15) is 11.1 Å². The molecule has 0 atom stereocenters. The summed E-state index contributed by atoms with van der Waals surface area (Å²) in [5.41, 5.74) is 2.47. The van der Waals surface area contributed by atoms with Crippen LogP contribution in [-0.2, 0) is 6.54 Å². The Morgan fingerprint density at radius 2 is 2.10 bits per heavy atom. The summed E-state index contributed by atoms with van der Waals surface area (Å²) in [5.74, 6) is 1.94. The number of methoxy groups -OCH3 is 1. The molecule has 0 radical (unpaired) electrons. The van der Waals surface area contributed by atoms with E-state index in [0.29, 0.717) is 41.8 Å². The third kappa shape index (κ3) is 3.88. The quantitative estimate of drug-likeness (QED) is 0.588. The predicted octanol–water partition coefficient (Wildman–Crippen LogP) is 3.51.